The van der Waals surface area contributed by atoms with E-state index in [0.29, 0.717) is 25.3 Å². The Bertz CT molecular complexity index is 315. The molecule has 0 saturated carbocycles. The van der Waals surface area contributed by atoms with Crippen molar-refractivity contribution in [2.75, 3.05) is 38.3 Å². The molecule has 110 valence electrons. The molecule has 0 aromatic heterocycles. The minimum absolute atomic E-state index is 0.154. The molecule has 1 rings (SSSR count). The molecule has 1 aliphatic heterocycles. The van der Waals surface area contributed by atoms with Crippen molar-refractivity contribution in [2.24, 2.45) is 0 Å². The second-order valence-corrected chi connectivity index (χ2v) is 5.23. The van der Waals surface area contributed by atoms with Gasteiger partial charge in [-0.25, -0.2) is 9.59 Å². The Morgan fingerprint density at radius 2 is 2.32 bits per heavy atom. The lowest BCUT2D eigenvalue weighted by molar-refractivity contribution is -0.139. The first-order valence-electron chi connectivity index (χ1n) is 6.08. The van der Waals surface area contributed by atoms with Crippen LogP contribution in [0.1, 0.15) is 6.42 Å². The van der Waals surface area contributed by atoms with Gasteiger partial charge in [-0.2, -0.15) is 11.8 Å². The highest BCUT2D eigenvalue weighted by molar-refractivity contribution is 7.98. The largest absolute Gasteiger partial charge is 0.480 e. The molecule has 7 nitrogen and oxygen atoms in total. The maximum atomic E-state index is 11.9. The molecule has 0 aromatic rings. The number of carbonyl (C=O) groups is 2. The minimum Gasteiger partial charge on any atom is -0.480 e. The highest BCUT2D eigenvalue weighted by Gasteiger charge is 2.27. The third-order valence-electron chi connectivity index (χ3n) is 2.84. The number of thioether (sulfide) groups is 1. The standard InChI is InChI=1S/C11H20N2O5S/c1-19-5-2-9(10(15)16)12-11(17)13-3-4-18-8(6-13)7-14/h8-9,14H,2-7H2,1H3,(H,12,17)(H,15,16)/t8?,9-/m0/s1. The normalized spacial score (nSPS) is 20.9. The third kappa shape index (κ3) is 5.25. The summed E-state index contributed by atoms with van der Waals surface area (Å²) in [6.45, 7) is 0.869. The molecule has 1 heterocycles. The van der Waals surface area contributed by atoms with E-state index in [4.69, 9.17) is 14.9 Å². The number of morpholine rings is 1. The Kier molecular flexibility index (Phi) is 6.96. The lowest BCUT2D eigenvalue weighted by atomic mass is 10.2. The first-order chi connectivity index (χ1) is 9.08. The van der Waals surface area contributed by atoms with Gasteiger partial charge in [0.25, 0.3) is 0 Å². The SMILES string of the molecule is CSCC[C@H](NC(=O)N1CCOC(CO)C1)C(=O)O. The van der Waals surface area contributed by atoms with E-state index in [1.807, 2.05) is 6.26 Å². The number of aliphatic hydroxyl groups is 1. The number of carboxylic acids is 1. The summed E-state index contributed by atoms with van der Waals surface area (Å²) in [5.41, 5.74) is 0. The number of nitrogens with one attached hydrogen (secondary N) is 1. The maximum absolute atomic E-state index is 11.9. The van der Waals surface area contributed by atoms with Crippen LogP contribution in [0.3, 0.4) is 0 Å². The molecular weight excluding hydrogens is 272 g/mol. The van der Waals surface area contributed by atoms with E-state index >= 15 is 0 Å². The molecule has 2 amide bonds. The van der Waals surface area contributed by atoms with E-state index in [2.05, 4.69) is 5.32 Å². The number of carboxylic acid groups (broad SMARTS) is 1. The molecule has 1 fully saturated rings. The zero-order valence-electron chi connectivity index (χ0n) is 10.9. The Hall–Kier alpha value is -0.990. The van der Waals surface area contributed by atoms with Crippen LogP contribution in [-0.4, -0.2) is 77.6 Å². The molecular formula is C11H20N2O5S. The van der Waals surface area contributed by atoms with Crippen molar-refractivity contribution >= 4 is 23.8 Å². The van der Waals surface area contributed by atoms with Crippen molar-refractivity contribution in [3.63, 3.8) is 0 Å². The van der Waals surface area contributed by atoms with Crippen LogP contribution in [0.25, 0.3) is 0 Å². The highest BCUT2D eigenvalue weighted by atomic mass is 32.2. The fourth-order valence-corrected chi connectivity index (χ4v) is 2.22. The topological polar surface area (TPSA) is 99.1 Å². The monoisotopic (exact) mass is 292 g/mol. The molecule has 1 saturated heterocycles. The first-order valence-corrected chi connectivity index (χ1v) is 7.47. The van der Waals surface area contributed by atoms with Crippen LogP contribution in [0.15, 0.2) is 0 Å². The van der Waals surface area contributed by atoms with Crippen molar-refractivity contribution in [2.45, 2.75) is 18.6 Å². The number of hydrogen-bond donors (Lipinski definition) is 3. The summed E-state index contributed by atoms with van der Waals surface area (Å²) in [6.07, 6.45) is 1.87. The smallest absolute Gasteiger partial charge is 0.326 e. The molecule has 8 heteroatoms. The quantitative estimate of drug-likeness (QED) is 0.616. The lowest BCUT2D eigenvalue weighted by Crippen LogP contribution is -2.54. The molecule has 0 radical (unpaired) electrons. The van der Waals surface area contributed by atoms with Gasteiger partial charge in [-0.1, -0.05) is 0 Å². The van der Waals surface area contributed by atoms with Gasteiger partial charge in [-0.15, -0.1) is 0 Å². The fraction of sp³-hybridized carbons (Fsp3) is 0.818. The van der Waals surface area contributed by atoms with Gasteiger partial charge in [0.05, 0.1) is 25.9 Å². The van der Waals surface area contributed by atoms with Gasteiger partial charge < -0.3 is 25.2 Å². The Balaban J connectivity index is 2.48. The summed E-state index contributed by atoms with van der Waals surface area (Å²) < 4.78 is 5.23. The maximum Gasteiger partial charge on any atom is 0.326 e. The van der Waals surface area contributed by atoms with Gasteiger partial charge in [0.2, 0.25) is 0 Å². The average Bonchev–Trinajstić information content (AvgIpc) is 2.42. The third-order valence-corrected chi connectivity index (χ3v) is 3.48. The van der Waals surface area contributed by atoms with Crippen molar-refractivity contribution < 1.29 is 24.5 Å². The second kappa shape index (κ2) is 8.23. The number of carbonyl (C=O) groups excluding carboxylic acids is 1. The molecule has 1 unspecified atom stereocenters. The number of aliphatic carboxylic acids is 1. The number of amides is 2. The summed E-state index contributed by atoms with van der Waals surface area (Å²) in [4.78, 5) is 24.5. The van der Waals surface area contributed by atoms with Gasteiger partial charge in [0.1, 0.15) is 6.04 Å². The molecule has 19 heavy (non-hydrogen) atoms. The zero-order chi connectivity index (χ0) is 14.3. The van der Waals surface area contributed by atoms with Crippen LogP contribution in [-0.2, 0) is 9.53 Å². The van der Waals surface area contributed by atoms with Crippen molar-refractivity contribution in [1.82, 2.24) is 10.2 Å². The molecule has 2 atom stereocenters. The number of rotatable bonds is 6. The minimum atomic E-state index is -1.03. The van der Waals surface area contributed by atoms with Gasteiger partial charge in [-0.3, -0.25) is 0 Å². The van der Waals surface area contributed by atoms with Crippen LogP contribution in [0, 0.1) is 0 Å². The van der Waals surface area contributed by atoms with Crippen molar-refractivity contribution in [3.05, 3.63) is 0 Å². The van der Waals surface area contributed by atoms with E-state index in [0.717, 1.165) is 0 Å². The summed E-state index contributed by atoms with van der Waals surface area (Å²) >= 11 is 1.53. The Morgan fingerprint density at radius 1 is 1.58 bits per heavy atom. The van der Waals surface area contributed by atoms with E-state index in [9.17, 15) is 9.59 Å². The number of urea groups is 1. The van der Waals surface area contributed by atoms with E-state index < -0.39 is 24.1 Å². The van der Waals surface area contributed by atoms with Crippen LogP contribution in [0.2, 0.25) is 0 Å². The lowest BCUT2D eigenvalue weighted by Gasteiger charge is -2.32. The predicted molar refractivity (Wildman–Crippen MR) is 71.4 cm³/mol. The highest BCUT2D eigenvalue weighted by Crippen LogP contribution is 2.07. The van der Waals surface area contributed by atoms with E-state index in [-0.39, 0.29) is 13.2 Å². The van der Waals surface area contributed by atoms with Gasteiger partial charge in [0.15, 0.2) is 0 Å². The molecule has 0 aliphatic carbocycles. The average molecular weight is 292 g/mol. The fourth-order valence-electron chi connectivity index (χ4n) is 1.75. The summed E-state index contributed by atoms with van der Waals surface area (Å²) in [5.74, 6) is -0.367. The van der Waals surface area contributed by atoms with Crippen LogP contribution in [0.5, 0.6) is 0 Å². The van der Waals surface area contributed by atoms with Crippen molar-refractivity contribution in [3.8, 4) is 0 Å². The number of ether oxygens (including phenoxy) is 1. The van der Waals surface area contributed by atoms with Gasteiger partial charge in [0, 0.05) is 6.54 Å². The van der Waals surface area contributed by atoms with E-state index in [1.54, 1.807) is 0 Å². The first kappa shape index (κ1) is 16.1. The Morgan fingerprint density at radius 3 is 2.89 bits per heavy atom. The summed E-state index contributed by atoms with van der Waals surface area (Å²) in [6, 6.07) is -1.30. The number of nitrogens with zero attached hydrogens (tertiary/aromatic N) is 1. The van der Waals surface area contributed by atoms with Crippen LogP contribution in [0.4, 0.5) is 4.79 Å². The molecule has 1 aliphatic rings. The van der Waals surface area contributed by atoms with Crippen LogP contribution < -0.4 is 5.32 Å². The molecule has 0 spiro atoms. The Labute approximate surface area is 116 Å². The van der Waals surface area contributed by atoms with Crippen molar-refractivity contribution in [1.29, 1.82) is 0 Å². The molecule has 0 bridgehead atoms. The number of hydrogen-bond acceptors (Lipinski definition) is 5. The van der Waals surface area contributed by atoms with Gasteiger partial charge in [-0.05, 0) is 18.4 Å². The predicted octanol–water partition coefficient (Wildman–Crippen LogP) is -0.405. The van der Waals surface area contributed by atoms with E-state index in [1.165, 1.54) is 16.7 Å². The number of aliphatic hydroxyl groups excluding tert-OH is 1. The summed E-state index contributed by atoms with van der Waals surface area (Å²) in [5, 5.41) is 20.5. The summed E-state index contributed by atoms with van der Waals surface area (Å²) in [7, 11) is 0. The molecule has 0 aromatic carbocycles. The molecule has 3 N–H and O–H groups in total. The van der Waals surface area contributed by atoms with Gasteiger partial charge >= 0.3 is 12.0 Å². The van der Waals surface area contributed by atoms with Crippen LogP contribution >= 0.6 is 11.8 Å². The zero-order valence-corrected chi connectivity index (χ0v) is 11.7. The second-order valence-electron chi connectivity index (χ2n) is 4.24.